The van der Waals surface area contributed by atoms with Crippen LogP contribution in [0.5, 0.6) is 11.5 Å². The van der Waals surface area contributed by atoms with Gasteiger partial charge in [0.05, 0.1) is 48.0 Å². The summed E-state index contributed by atoms with van der Waals surface area (Å²) in [6.07, 6.45) is 0.516. The zero-order valence-corrected chi connectivity index (χ0v) is 28.3. The Kier molecular flexibility index (Phi) is 10.1. The summed E-state index contributed by atoms with van der Waals surface area (Å²) in [7, 11) is 4.18. The van der Waals surface area contributed by atoms with E-state index < -0.39 is 22.0 Å². The number of hydrogen-bond acceptors (Lipinski definition) is 11. The molecule has 2 amide bonds. The van der Waals surface area contributed by atoms with Crippen molar-refractivity contribution in [3.63, 3.8) is 0 Å². The van der Waals surface area contributed by atoms with E-state index in [2.05, 4.69) is 15.5 Å². The maximum atomic E-state index is 13.7. The van der Waals surface area contributed by atoms with E-state index >= 15 is 0 Å². The third kappa shape index (κ3) is 6.79. The smallest absolute Gasteiger partial charge is 0.253 e. The molecule has 13 nitrogen and oxygen atoms in total. The van der Waals surface area contributed by atoms with Crippen LogP contribution in [0.1, 0.15) is 39.1 Å². The van der Waals surface area contributed by atoms with Crippen molar-refractivity contribution in [2.24, 2.45) is 12.1 Å². The molecule has 2 aromatic heterocycles. The molecular weight excluding hydrogens is 651 g/mol. The highest BCUT2D eigenvalue weighted by Crippen LogP contribution is 2.42. The molecule has 2 aromatic carbocycles. The molecule has 0 aliphatic carbocycles. The minimum atomic E-state index is -3.60. The predicted octanol–water partition coefficient (Wildman–Crippen LogP) is 3.54. The Hall–Kier alpha value is -4.25. The molecule has 16 heteroatoms. The number of rotatable bonds is 12. The lowest BCUT2D eigenvalue weighted by Gasteiger charge is -2.24. The Morgan fingerprint density at radius 1 is 1.07 bits per heavy atom. The van der Waals surface area contributed by atoms with Gasteiger partial charge in [0, 0.05) is 38.7 Å². The maximum absolute atomic E-state index is 13.7. The van der Waals surface area contributed by atoms with Gasteiger partial charge in [0.2, 0.25) is 10.0 Å². The number of benzene rings is 2. The molecule has 5 rings (SSSR count). The molecule has 4 aromatic rings. The summed E-state index contributed by atoms with van der Waals surface area (Å²) < 4.78 is 38.6. The summed E-state index contributed by atoms with van der Waals surface area (Å²) in [6, 6.07) is 14.8. The summed E-state index contributed by atoms with van der Waals surface area (Å²) in [5, 5.41) is 19.9. The van der Waals surface area contributed by atoms with E-state index in [-0.39, 0.29) is 23.1 Å². The Morgan fingerprint density at radius 3 is 2.48 bits per heavy atom. The number of thioether (sulfide) groups is 1. The Labute approximate surface area is 275 Å². The van der Waals surface area contributed by atoms with Gasteiger partial charge in [-0.3, -0.25) is 9.59 Å². The molecule has 1 atom stereocenters. The van der Waals surface area contributed by atoms with Crippen LogP contribution < -0.4 is 14.8 Å². The van der Waals surface area contributed by atoms with Crippen molar-refractivity contribution in [1.29, 1.82) is 0 Å². The van der Waals surface area contributed by atoms with E-state index in [4.69, 9.17) is 14.6 Å². The van der Waals surface area contributed by atoms with E-state index in [1.165, 1.54) is 55.1 Å². The molecule has 0 radical (unpaired) electrons. The zero-order chi connectivity index (χ0) is 33.0. The molecule has 46 heavy (non-hydrogen) atoms. The Bertz CT molecular complexity index is 1860. The van der Waals surface area contributed by atoms with E-state index in [1.807, 2.05) is 35.7 Å². The Morgan fingerprint density at radius 2 is 1.83 bits per heavy atom. The van der Waals surface area contributed by atoms with Crippen molar-refractivity contribution in [1.82, 2.24) is 29.4 Å². The lowest BCUT2D eigenvalue weighted by atomic mass is 9.99. The topological polar surface area (TPSA) is 148 Å². The highest BCUT2D eigenvalue weighted by atomic mass is 32.2. The first-order chi connectivity index (χ1) is 22.0. The van der Waals surface area contributed by atoms with Crippen LogP contribution in [0.3, 0.4) is 0 Å². The average molecular weight is 684 g/mol. The van der Waals surface area contributed by atoms with Gasteiger partial charge >= 0.3 is 0 Å². The number of hydrazone groups is 1. The van der Waals surface area contributed by atoms with Crippen LogP contribution in [0.25, 0.3) is 0 Å². The number of carbonyl (C=O) groups excluding carboxylic acids is 2. The van der Waals surface area contributed by atoms with E-state index in [0.717, 1.165) is 20.5 Å². The number of hydrogen-bond donors (Lipinski definition) is 1. The van der Waals surface area contributed by atoms with Crippen LogP contribution in [0.2, 0.25) is 0 Å². The van der Waals surface area contributed by atoms with Crippen LogP contribution in [-0.2, 0) is 28.4 Å². The van der Waals surface area contributed by atoms with Crippen LogP contribution in [0, 0.1) is 0 Å². The first-order valence-corrected chi connectivity index (χ1v) is 17.3. The summed E-state index contributed by atoms with van der Waals surface area (Å²) in [5.74, 6) is 1.03. The molecular formula is C30H33N7O6S3. The van der Waals surface area contributed by atoms with Gasteiger partial charge in [-0.2, -0.15) is 5.10 Å². The summed E-state index contributed by atoms with van der Waals surface area (Å²) >= 11 is 2.78. The van der Waals surface area contributed by atoms with Gasteiger partial charge in [-0.1, -0.05) is 30.0 Å². The quantitative estimate of drug-likeness (QED) is 0.222. The van der Waals surface area contributed by atoms with Crippen LogP contribution in [0.4, 0.5) is 0 Å². The molecule has 3 heterocycles. The van der Waals surface area contributed by atoms with E-state index in [0.29, 0.717) is 34.5 Å². The number of carbonyl (C=O) groups is 2. The molecule has 0 unspecified atom stereocenters. The fourth-order valence-corrected chi connectivity index (χ4v) is 7.22. The van der Waals surface area contributed by atoms with Crippen molar-refractivity contribution in [3.8, 4) is 11.5 Å². The maximum Gasteiger partial charge on any atom is 0.253 e. The number of aromatic nitrogens is 3. The van der Waals surface area contributed by atoms with Crippen molar-refractivity contribution < 1.29 is 27.5 Å². The second kappa shape index (κ2) is 14.0. The number of nitrogens with one attached hydrogen (secondary N) is 1. The van der Waals surface area contributed by atoms with Gasteiger partial charge in [-0.25, -0.2) is 17.7 Å². The molecule has 242 valence electrons. The molecule has 0 bridgehead atoms. The normalized spacial score (nSPS) is 14.8. The number of methoxy groups -OCH3 is 2. The fourth-order valence-electron chi connectivity index (χ4n) is 4.82. The molecule has 1 aliphatic heterocycles. The number of para-hydroxylation sites is 1. The second-order valence-corrected chi connectivity index (χ2v) is 14.3. The minimum absolute atomic E-state index is 0.0462. The average Bonchev–Trinajstić information content (AvgIpc) is 3.82. The monoisotopic (exact) mass is 683 g/mol. The van der Waals surface area contributed by atoms with Crippen molar-refractivity contribution in [2.75, 3.05) is 34.1 Å². The highest BCUT2D eigenvalue weighted by molar-refractivity contribution is 7.99. The van der Waals surface area contributed by atoms with E-state index in [1.54, 1.807) is 37.2 Å². The van der Waals surface area contributed by atoms with Gasteiger partial charge in [-0.15, -0.1) is 21.5 Å². The number of nitrogens with zero attached hydrogens (tertiary/aromatic N) is 6. The van der Waals surface area contributed by atoms with Gasteiger partial charge in [-0.05, 0) is 41.8 Å². The summed E-state index contributed by atoms with van der Waals surface area (Å²) in [5.41, 5.74) is 1.91. The van der Waals surface area contributed by atoms with E-state index in [9.17, 15) is 18.0 Å². The van der Waals surface area contributed by atoms with Crippen molar-refractivity contribution in [2.45, 2.75) is 29.1 Å². The zero-order valence-electron chi connectivity index (χ0n) is 25.8. The minimum Gasteiger partial charge on any atom is -0.493 e. The first kappa shape index (κ1) is 33.1. The van der Waals surface area contributed by atoms with Gasteiger partial charge in [0.1, 0.15) is 0 Å². The van der Waals surface area contributed by atoms with Gasteiger partial charge in [0.25, 0.3) is 11.8 Å². The number of sulfonamides is 1. The third-order valence-corrected chi connectivity index (χ3v) is 11.1. The molecule has 0 saturated heterocycles. The predicted molar refractivity (Wildman–Crippen MR) is 175 cm³/mol. The van der Waals surface area contributed by atoms with Crippen LogP contribution in [-0.4, -0.2) is 84.1 Å². The molecule has 1 aliphatic rings. The summed E-state index contributed by atoms with van der Waals surface area (Å²) in [4.78, 5) is 27.5. The fraction of sp³-hybridized carbons (Fsp3) is 0.300. The second-order valence-electron chi connectivity index (χ2n) is 10.3. The van der Waals surface area contributed by atoms with Crippen LogP contribution >= 0.6 is 23.1 Å². The molecule has 0 saturated carbocycles. The SMILES string of the molecule is COc1cccc([C@H]2CC(c3cccs3)=NN2C(=O)CSc2nnc(CNC(=O)c3ccc(S(=O)(=O)N(C)C)cc3)n2C)c1OC. The standard InChI is InChI=1S/C30H33N7O6S3/c1-35(2)46(40,41)20-13-11-19(12-14-20)29(39)31-17-26-32-33-30(36(26)3)45-18-27(38)37-23(16-22(34-37)25-10-7-15-44-25)21-8-6-9-24(42-4)28(21)43-5/h6-15,23H,16-18H2,1-5H3,(H,31,39)/t23-/m1/s1. The lowest BCUT2D eigenvalue weighted by Crippen LogP contribution is -2.29. The van der Waals surface area contributed by atoms with Gasteiger partial charge < -0.3 is 19.4 Å². The van der Waals surface area contributed by atoms with Crippen molar-refractivity contribution in [3.05, 3.63) is 81.8 Å². The third-order valence-electron chi connectivity index (χ3n) is 7.32. The number of ether oxygens (including phenoxy) is 2. The van der Waals surface area contributed by atoms with Crippen LogP contribution in [0.15, 0.2) is 75.1 Å². The molecule has 0 spiro atoms. The molecule has 1 N–H and O–H groups in total. The van der Waals surface area contributed by atoms with Gasteiger partial charge in [0.15, 0.2) is 22.5 Å². The largest absolute Gasteiger partial charge is 0.493 e. The molecule has 0 fully saturated rings. The Balaban J connectivity index is 1.25. The highest BCUT2D eigenvalue weighted by Gasteiger charge is 2.36. The van der Waals surface area contributed by atoms with Crippen molar-refractivity contribution >= 4 is 50.6 Å². The summed E-state index contributed by atoms with van der Waals surface area (Å²) in [6.45, 7) is 0.0763. The number of thiophene rings is 1. The number of amides is 2. The lowest BCUT2D eigenvalue weighted by molar-refractivity contribution is -0.130. The first-order valence-electron chi connectivity index (χ1n) is 14.0.